The van der Waals surface area contributed by atoms with Crippen molar-refractivity contribution in [2.45, 2.75) is 6.92 Å². The van der Waals surface area contributed by atoms with Crippen molar-refractivity contribution in [3.8, 4) is 38.9 Å². The van der Waals surface area contributed by atoms with Crippen LogP contribution in [0.25, 0.3) is 49.8 Å². The number of rotatable bonds is 4. The number of benzene rings is 3. The molecule has 32 heavy (non-hydrogen) atoms. The van der Waals surface area contributed by atoms with E-state index >= 15 is 0 Å². The summed E-state index contributed by atoms with van der Waals surface area (Å²) in [5, 5.41) is 9.11. The molecule has 0 bridgehead atoms. The van der Waals surface area contributed by atoms with Crippen LogP contribution >= 0.6 is 11.3 Å². The van der Waals surface area contributed by atoms with Crippen LogP contribution in [0.5, 0.6) is 0 Å². The number of aromatic amines is 1. The van der Waals surface area contributed by atoms with Crippen LogP contribution in [0.3, 0.4) is 0 Å². The maximum Gasteiger partial charge on any atom is 0.211 e. The number of aromatic nitrogens is 4. The van der Waals surface area contributed by atoms with Gasteiger partial charge in [-0.15, -0.1) is 11.3 Å². The molecule has 0 amide bonds. The first-order valence-electron chi connectivity index (χ1n) is 10.5. The molecule has 154 valence electrons. The van der Waals surface area contributed by atoms with Crippen molar-refractivity contribution in [3.63, 3.8) is 0 Å². The van der Waals surface area contributed by atoms with E-state index in [0.717, 1.165) is 44.4 Å². The van der Waals surface area contributed by atoms with Gasteiger partial charge in [-0.05, 0) is 19.1 Å². The van der Waals surface area contributed by atoms with E-state index in [1.165, 1.54) is 10.9 Å². The summed E-state index contributed by atoms with van der Waals surface area (Å²) in [7, 11) is 0. The smallest absolute Gasteiger partial charge is 0.211 e. The Morgan fingerprint density at radius 2 is 1.56 bits per heavy atom. The largest absolute Gasteiger partial charge is 0.360 e. The third kappa shape index (κ3) is 3.24. The van der Waals surface area contributed by atoms with Crippen LogP contribution < -0.4 is 0 Å². The number of hydrogen-bond acceptors (Lipinski definition) is 3. The summed E-state index contributed by atoms with van der Waals surface area (Å²) in [5.74, 6) is 0. The average molecular weight is 433 g/mol. The Bertz CT molecular complexity index is 1520. The lowest BCUT2D eigenvalue weighted by atomic mass is 10.1. The van der Waals surface area contributed by atoms with Crippen LogP contribution in [0.15, 0.2) is 96.5 Å². The van der Waals surface area contributed by atoms with Crippen LogP contribution in [0.1, 0.15) is 5.56 Å². The number of aryl methyl sites for hydroxylation is 1. The summed E-state index contributed by atoms with van der Waals surface area (Å²) in [5.41, 5.74) is 8.57. The Balaban J connectivity index is 1.52. The van der Waals surface area contributed by atoms with Crippen molar-refractivity contribution in [1.29, 1.82) is 0 Å². The lowest BCUT2D eigenvalue weighted by molar-refractivity contribution is 0.882. The average Bonchev–Trinajstić information content (AvgIpc) is 3.57. The van der Waals surface area contributed by atoms with E-state index in [-0.39, 0.29) is 0 Å². The predicted molar refractivity (Wildman–Crippen MR) is 132 cm³/mol. The zero-order valence-electron chi connectivity index (χ0n) is 17.5. The fraction of sp³-hybridized carbons (Fsp3) is 0.0370. The molecule has 6 aromatic rings. The van der Waals surface area contributed by atoms with Gasteiger partial charge in [0.25, 0.3) is 0 Å². The topological polar surface area (TPSA) is 46.5 Å². The van der Waals surface area contributed by atoms with Gasteiger partial charge < -0.3 is 4.98 Å². The van der Waals surface area contributed by atoms with Crippen molar-refractivity contribution in [2.75, 3.05) is 0 Å². The lowest BCUT2D eigenvalue weighted by Crippen LogP contribution is -1.98. The van der Waals surface area contributed by atoms with E-state index in [1.54, 1.807) is 11.3 Å². The fourth-order valence-electron chi connectivity index (χ4n) is 3.97. The van der Waals surface area contributed by atoms with E-state index in [9.17, 15) is 0 Å². The highest BCUT2D eigenvalue weighted by molar-refractivity contribution is 7.12. The van der Waals surface area contributed by atoms with Gasteiger partial charge in [0.05, 0.1) is 17.1 Å². The number of nitrogens with zero attached hydrogens (tertiary/aromatic N) is 3. The molecule has 0 radical (unpaired) electrons. The first-order valence-corrected chi connectivity index (χ1v) is 11.4. The number of H-pyrrole nitrogens is 1. The number of hydrogen-bond donors (Lipinski definition) is 1. The summed E-state index contributed by atoms with van der Waals surface area (Å²) in [4.78, 5) is 8.34. The van der Waals surface area contributed by atoms with E-state index in [2.05, 4.69) is 84.1 Å². The molecule has 0 aliphatic carbocycles. The Morgan fingerprint density at radius 3 is 2.41 bits per heavy atom. The second-order valence-electron chi connectivity index (χ2n) is 7.82. The van der Waals surface area contributed by atoms with Gasteiger partial charge in [0, 0.05) is 39.2 Å². The van der Waals surface area contributed by atoms with Gasteiger partial charge in [-0.3, -0.25) is 0 Å². The predicted octanol–water partition coefficient (Wildman–Crippen LogP) is 7.12. The van der Waals surface area contributed by atoms with Crippen LogP contribution in [-0.4, -0.2) is 19.7 Å². The van der Waals surface area contributed by atoms with Gasteiger partial charge in [-0.25, -0.2) is 9.67 Å². The van der Waals surface area contributed by atoms with Crippen molar-refractivity contribution in [1.82, 2.24) is 19.7 Å². The minimum Gasteiger partial charge on any atom is -0.360 e. The maximum atomic E-state index is 4.99. The monoisotopic (exact) mass is 432 g/mol. The second kappa shape index (κ2) is 7.62. The van der Waals surface area contributed by atoms with Crippen molar-refractivity contribution < 1.29 is 0 Å². The van der Waals surface area contributed by atoms with Gasteiger partial charge in [0.15, 0.2) is 0 Å². The Hall–Kier alpha value is -3.96. The third-order valence-electron chi connectivity index (χ3n) is 5.66. The molecule has 3 aromatic carbocycles. The number of para-hydroxylation sites is 1. The van der Waals surface area contributed by atoms with E-state index < -0.39 is 0 Å². The third-order valence-corrected chi connectivity index (χ3v) is 6.48. The van der Waals surface area contributed by atoms with Crippen molar-refractivity contribution in [3.05, 3.63) is 102 Å². The number of fused-ring (bicyclic) bond motifs is 1. The molecule has 0 aliphatic heterocycles. The molecule has 0 saturated carbocycles. The van der Waals surface area contributed by atoms with Gasteiger partial charge in [-0.2, -0.15) is 5.10 Å². The minimum absolute atomic E-state index is 0.850. The molecule has 6 rings (SSSR count). The summed E-state index contributed by atoms with van der Waals surface area (Å²) in [6, 6.07) is 29.3. The van der Waals surface area contributed by atoms with Crippen LogP contribution in [0.2, 0.25) is 0 Å². The van der Waals surface area contributed by atoms with Gasteiger partial charge in [0.2, 0.25) is 5.13 Å². The Labute approximate surface area is 189 Å². The molecule has 0 fully saturated rings. The van der Waals surface area contributed by atoms with Crippen LogP contribution in [0, 0.1) is 6.92 Å². The lowest BCUT2D eigenvalue weighted by Gasteiger charge is -2.03. The molecule has 4 nitrogen and oxygen atoms in total. The molecule has 3 heterocycles. The summed E-state index contributed by atoms with van der Waals surface area (Å²) in [6.45, 7) is 2.10. The molecular formula is C27H20N4S. The highest BCUT2D eigenvalue weighted by atomic mass is 32.1. The number of nitrogens with one attached hydrogen (secondary N) is 1. The Morgan fingerprint density at radius 1 is 0.812 bits per heavy atom. The minimum atomic E-state index is 0.850. The van der Waals surface area contributed by atoms with Gasteiger partial charge in [-0.1, -0.05) is 78.4 Å². The molecular weight excluding hydrogens is 412 g/mol. The normalized spacial score (nSPS) is 11.3. The summed E-state index contributed by atoms with van der Waals surface area (Å²) >= 11 is 1.61. The van der Waals surface area contributed by atoms with E-state index in [4.69, 9.17) is 10.1 Å². The zero-order chi connectivity index (χ0) is 21.5. The maximum absolute atomic E-state index is 4.99. The van der Waals surface area contributed by atoms with Crippen molar-refractivity contribution >= 4 is 22.2 Å². The Kier molecular flexibility index (Phi) is 4.47. The van der Waals surface area contributed by atoms with Crippen LogP contribution in [0.4, 0.5) is 0 Å². The quantitative estimate of drug-likeness (QED) is 0.322. The molecule has 0 atom stereocenters. The summed E-state index contributed by atoms with van der Waals surface area (Å²) in [6.07, 6.45) is 2.06. The second-order valence-corrected chi connectivity index (χ2v) is 8.66. The van der Waals surface area contributed by atoms with Gasteiger partial charge in [0.1, 0.15) is 0 Å². The fourth-order valence-corrected chi connectivity index (χ4v) is 4.77. The summed E-state index contributed by atoms with van der Waals surface area (Å²) < 4.78 is 1.97. The molecule has 0 unspecified atom stereocenters. The highest BCUT2D eigenvalue weighted by Gasteiger charge is 2.18. The molecule has 0 saturated heterocycles. The molecule has 0 aliphatic rings. The zero-order valence-corrected chi connectivity index (χ0v) is 18.3. The number of thiazole rings is 1. The standard InChI is InChI=1S/C27H20N4S/c1-18-11-13-20(14-12-18)25-17-32-27(29-25)31-26(15-24(30-31)19-7-3-2-4-8-19)22-16-28-23-10-6-5-9-21(22)23/h2-17,28H,1H3. The molecule has 5 heteroatoms. The molecule has 0 spiro atoms. The van der Waals surface area contributed by atoms with E-state index in [1.807, 2.05) is 28.9 Å². The highest BCUT2D eigenvalue weighted by Crippen LogP contribution is 2.35. The first kappa shape index (κ1) is 18.8. The first-order chi connectivity index (χ1) is 15.8. The van der Waals surface area contributed by atoms with Crippen LogP contribution in [-0.2, 0) is 0 Å². The molecule has 3 aromatic heterocycles. The van der Waals surface area contributed by atoms with Gasteiger partial charge >= 0.3 is 0 Å². The molecule has 1 N–H and O–H groups in total. The van der Waals surface area contributed by atoms with E-state index in [0.29, 0.717) is 0 Å². The SMILES string of the molecule is Cc1ccc(-c2csc(-n3nc(-c4ccccc4)cc3-c3c[nH]c4ccccc34)n2)cc1. The van der Waals surface area contributed by atoms with Crippen molar-refractivity contribution in [2.24, 2.45) is 0 Å².